The van der Waals surface area contributed by atoms with Crippen LogP contribution >= 0.6 is 0 Å². The van der Waals surface area contributed by atoms with Crippen LogP contribution in [0.5, 0.6) is 0 Å². The van der Waals surface area contributed by atoms with Crippen molar-refractivity contribution in [2.75, 3.05) is 0 Å². The molecule has 0 saturated heterocycles. The number of carboxylic acids is 2. The monoisotopic (exact) mass is 280 g/mol. The number of rotatable bonds is 7. The smallest absolute Gasteiger partial charge is 0.326 e. The molecule has 7 heteroatoms. The summed E-state index contributed by atoms with van der Waals surface area (Å²) < 4.78 is 0. The molecule has 1 unspecified atom stereocenters. The number of carbonyl (C=O) groups is 3. The zero-order chi connectivity index (χ0) is 15.1. The molecule has 1 heterocycles. The van der Waals surface area contributed by atoms with Crippen molar-refractivity contribution in [1.82, 2.24) is 10.3 Å². The lowest BCUT2D eigenvalue weighted by Gasteiger charge is -2.13. The molecule has 1 rings (SSSR count). The van der Waals surface area contributed by atoms with Gasteiger partial charge in [-0.1, -0.05) is 6.07 Å². The molecule has 3 N–H and O–H groups in total. The maximum atomic E-state index is 11.8. The van der Waals surface area contributed by atoms with Crippen molar-refractivity contribution < 1.29 is 24.6 Å². The minimum absolute atomic E-state index is 0.0382. The molecule has 0 radical (unpaired) electrons. The molecule has 0 aromatic carbocycles. The molecule has 0 aliphatic carbocycles. The second-order valence-electron chi connectivity index (χ2n) is 4.33. The van der Waals surface area contributed by atoms with E-state index in [-0.39, 0.29) is 19.3 Å². The quantitative estimate of drug-likeness (QED) is 0.664. The van der Waals surface area contributed by atoms with Gasteiger partial charge in [0.05, 0.1) is 12.1 Å². The fourth-order valence-corrected chi connectivity index (χ4v) is 1.63. The summed E-state index contributed by atoms with van der Waals surface area (Å²) in [5.41, 5.74) is 1.40. The van der Waals surface area contributed by atoms with E-state index < -0.39 is 23.9 Å². The van der Waals surface area contributed by atoms with Crippen molar-refractivity contribution >= 4 is 17.8 Å². The van der Waals surface area contributed by atoms with Crippen molar-refractivity contribution in [2.24, 2.45) is 0 Å². The van der Waals surface area contributed by atoms with Gasteiger partial charge in [0.1, 0.15) is 6.04 Å². The number of nitrogens with zero attached hydrogens (tertiary/aromatic N) is 1. The average Bonchev–Trinajstić information content (AvgIpc) is 2.36. The van der Waals surface area contributed by atoms with Crippen LogP contribution in [0.4, 0.5) is 0 Å². The number of hydrogen-bond acceptors (Lipinski definition) is 4. The number of carboxylic acid groups (broad SMARTS) is 2. The van der Waals surface area contributed by atoms with E-state index in [9.17, 15) is 14.4 Å². The van der Waals surface area contributed by atoms with E-state index in [1.165, 1.54) is 0 Å². The van der Waals surface area contributed by atoms with Gasteiger partial charge < -0.3 is 15.5 Å². The van der Waals surface area contributed by atoms with Gasteiger partial charge in [0, 0.05) is 12.6 Å². The Labute approximate surface area is 115 Å². The van der Waals surface area contributed by atoms with Gasteiger partial charge in [-0.2, -0.15) is 0 Å². The van der Waals surface area contributed by atoms with Gasteiger partial charge in [0.2, 0.25) is 5.91 Å². The minimum atomic E-state index is -1.25. The lowest BCUT2D eigenvalue weighted by molar-refractivity contribution is -0.143. The Morgan fingerprint density at radius 3 is 2.60 bits per heavy atom. The van der Waals surface area contributed by atoms with Gasteiger partial charge in [-0.25, -0.2) is 4.79 Å². The van der Waals surface area contributed by atoms with Crippen LogP contribution in [0.15, 0.2) is 18.3 Å². The van der Waals surface area contributed by atoms with Crippen LogP contribution in [0.25, 0.3) is 0 Å². The molecule has 0 bridgehead atoms. The predicted octanol–water partition coefficient (Wildman–Crippen LogP) is 0.367. The maximum Gasteiger partial charge on any atom is 0.326 e. The molecule has 0 fully saturated rings. The molecular formula is C13H16N2O5. The molecule has 7 nitrogen and oxygen atoms in total. The zero-order valence-corrected chi connectivity index (χ0v) is 11.0. The fraction of sp³-hybridized carbons (Fsp3) is 0.385. The normalized spacial score (nSPS) is 11.7. The molecule has 0 spiro atoms. The van der Waals surface area contributed by atoms with Crippen molar-refractivity contribution in [3.63, 3.8) is 0 Å². The Morgan fingerprint density at radius 1 is 1.35 bits per heavy atom. The summed E-state index contributed by atoms with van der Waals surface area (Å²) >= 11 is 0. The largest absolute Gasteiger partial charge is 0.481 e. The summed E-state index contributed by atoms with van der Waals surface area (Å²) in [4.78, 5) is 37.2. The first-order valence-corrected chi connectivity index (χ1v) is 6.04. The Balaban J connectivity index is 2.60. The number of aromatic nitrogens is 1. The maximum absolute atomic E-state index is 11.8. The van der Waals surface area contributed by atoms with Crippen LogP contribution in [0.2, 0.25) is 0 Å². The first-order valence-electron chi connectivity index (χ1n) is 6.04. The van der Waals surface area contributed by atoms with Crippen LogP contribution in [-0.4, -0.2) is 39.1 Å². The van der Waals surface area contributed by atoms with Gasteiger partial charge in [0.25, 0.3) is 0 Å². The number of aryl methyl sites for hydroxylation is 1. The van der Waals surface area contributed by atoms with Gasteiger partial charge in [-0.3, -0.25) is 14.6 Å². The van der Waals surface area contributed by atoms with Crippen molar-refractivity contribution in [3.8, 4) is 0 Å². The molecule has 0 aliphatic rings. The molecule has 0 aliphatic heterocycles. The molecule has 0 saturated carbocycles. The predicted molar refractivity (Wildman–Crippen MR) is 69.1 cm³/mol. The van der Waals surface area contributed by atoms with Crippen LogP contribution in [0.3, 0.4) is 0 Å². The number of nitrogens with one attached hydrogen (secondary N) is 1. The topological polar surface area (TPSA) is 117 Å². The molecule has 108 valence electrons. The van der Waals surface area contributed by atoms with Crippen molar-refractivity contribution in [3.05, 3.63) is 29.6 Å². The number of pyridine rings is 1. The highest BCUT2D eigenvalue weighted by Gasteiger charge is 2.21. The number of carbonyl (C=O) groups excluding carboxylic acids is 1. The SMILES string of the molecule is Cc1cccnc1CC(=O)NC(CCC(=O)O)C(=O)O. The van der Waals surface area contributed by atoms with Crippen LogP contribution in [0, 0.1) is 6.92 Å². The van der Waals surface area contributed by atoms with E-state index in [2.05, 4.69) is 10.3 Å². The Hall–Kier alpha value is -2.44. The molecule has 20 heavy (non-hydrogen) atoms. The van der Waals surface area contributed by atoms with E-state index in [0.717, 1.165) is 5.56 Å². The van der Waals surface area contributed by atoms with Crippen LogP contribution in [-0.2, 0) is 20.8 Å². The van der Waals surface area contributed by atoms with E-state index in [0.29, 0.717) is 5.69 Å². The number of amides is 1. The average molecular weight is 280 g/mol. The highest BCUT2D eigenvalue weighted by Crippen LogP contribution is 2.05. The number of hydrogen-bond donors (Lipinski definition) is 3. The lowest BCUT2D eigenvalue weighted by Crippen LogP contribution is -2.42. The fourth-order valence-electron chi connectivity index (χ4n) is 1.63. The molecule has 1 aromatic heterocycles. The Kier molecular flexibility index (Phi) is 5.64. The third-order valence-electron chi connectivity index (χ3n) is 2.73. The number of aliphatic carboxylic acids is 2. The first kappa shape index (κ1) is 15.6. The second kappa shape index (κ2) is 7.22. The highest BCUT2D eigenvalue weighted by atomic mass is 16.4. The summed E-state index contributed by atoms with van der Waals surface area (Å²) in [5, 5.41) is 19.8. The summed E-state index contributed by atoms with van der Waals surface area (Å²) in [6.45, 7) is 1.80. The highest BCUT2D eigenvalue weighted by molar-refractivity contribution is 5.85. The third kappa shape index (κ3) is 5.05. The molecule has 1 amide bonds. The van der Waals surface area contributed by atoms with Gasteiger partial charge in [-0.05, 0) is 25.0 Å². The van der Waals surface area contributed by atoms with Gasteiger partial charge >= 0.3 is 11.9 Å². The van der Waals surface area contributed by atoms with Crippen molar-refractivity contribution in [1.29, 1.82) is 0 Å². The summed E-state index contributed by atoms with van der Waals surface area (Å²) in [5.74, 6) is -2.85. The summed E-state index contributed by atoms with van der Waals surface area (Å²) in [7, 11) is 0. The van der Waals surface area contributed by atoms with Crippen LogP contribution < -0.4 is 5.32 Å². The molecular weight excluding hydrogens is 264 g/mol. The second-order valence-corrected chi connectivity index (χ2v) is 4.33. The van der Waals surface area contributed by atoms with E-state index in [1.807, 2.05) is 0 Å². The Bertz CT molecular complexity index is 515. The molecule has 1 aromatic rings. The lowest BCUT2D eigenvalue weighted by atomic mass is 10.1. The minimum Gasteiger partial charge on any atom is -0.481 e. The Morgan fingerprint density at radius 2 is 2.05 bits per heavy atom. The first-order chi connectivity index (χ1) is 9.40. The summed E-state index contributed by atoms with van der Waals surface area (Å²) in [6, 6.07) is 2.33. The standard InChI is InChI=1S/C13H16N2O5/c1-8-3-2-6-14-10(8)7-11(16)15-9(13(19)20)4-5-12(17)18/h2-3,6,9H,4-5,7H2,1H3,(H,15,16)(H,17,18)(H,19,20). The zero-order valence-electron chi connectivity index (χ0n) is 11.0. The van der Waals surface area contributed by atoms with E-state index in [4.69, 9.17) is 10.2 Å². The molecule has 1 atom stereocenters. The van der Waals surface area contributed by atoms with Crippen molar-refractivity contribution in [2.45, 2.75) is 32.2 Å². The van der Waals surface area contributed by atoms with E-state index >= 15 is 0 Å². The van der Waals surface area contributed by atoms with Gasteiger partial charge in [0.15, 0.2) is 0 Å². The van der Waals surface area contributed by atoms with Gasteiger partial charge in [-0.15, -0.1) is 0 Å². The van der Waals surface area contributed by atoms with Crippen LogP contribution in [0.1, 0.15) is 24.1 Å². The third-order valence-corrected chi connectivity index (χ3v) is 2.73. The van der Waals surface area contributed by atoms with E-state index in [1.54, 1.807) is 25.3 Å². The summed E-state index contributed by atoms with van der Waals surface area (Å²) in [6.07, 6.45) is 1.04.